The van der Waals surface area contributed by atoms with Crippen LogP contribution < -0.4 is 11.3 Å². The van der Waals surface area contributed by atoms with Crippen LogP contribution in [-0.4, -0.2) is 28.6 Å². The number of hydrazine groups is 1. The Morgan fingerprint density at radius 3 is 2.94 bits per heavy atom. The molecule has 0 unspecified atom stereocenters. The molecule has 1 aromatic heterocycles. The number of nitrogen functional groups attached to an aromatic ring is 1. The highest BCUT2D eigenvalue weighted by Gasteiger charge is 2.12. The van der Waals surface area contributed by atoms with Gasteiger partial charge in [0.2, 0.25) is 0 Å². The molecule has 3 N–H and O–H groups in total. The highest BCUT2D eigenvalue weighted by Crippen LogP contribution is 2.23. The van der Waals surface area contributed by atoms with E-state index in [9.17, 15) is 4.79 Å². The van der Waals surface area contributed by atoms with Crippen LogP contribution in [0.15, 0.2) is 0 Å². The third-order valence-corrected chi connectivity index (χ3v) is 3.11. The topological polar surface area (TPSA) is 82.2 Å². The van der Waals surface area contributed by atoms with Crippen molar-refractivity contribution in [3.63, 3.8) is 0 Å². The first-order valence-corrected chi connectivity index (χ1v) is 5.89. The number of thioether (sulfide) groups is 1. The van der Waals surface area contributed by atoms with E-state index in [4.69, 9.17) is 5.84 Å². The molecule has 1 heterocycles. The number of aromatic nitrogens is 2. The number of hydrogen-bond donors (Lipinski definition) is 2. The van der Waals surface area contributed by atoms with Gasteiger partial charge in [-0.05, 0) is 6.92 Å². The third kappa shape index (κ3) is 2.89. The zero-order valence-corrected chi connectivity index (χ0v) is 10.4. The summed E-state index contributed by atoms with van der Waals surface area (Å²) in [7, 11) is 3.20. The van der Waals surface area contributed by atoms with Gasteiger partial charge >= 0.3 is 5.97 Å². The zero-order valence-electron chi connectivity index (χ0n) is 9.61. The lowest BCUT2D eigenvalue weighted by molar-refractivity contribution is -0.137. The van der Waals surface area contributed by atoms with Gasteiger partial charge in [-0.25, -0.2) is 5.84 Å². The lowest BCUT2D eigenvalue weighted by Gasteiger charge is -2.04. The maximum Gasteiger partial charge on any atom is 0.315 e. The van der Waals surface area contributed by atoms with Crippen molar-refractivity contribution < 1.29 is 9.53 Å². The van der Waals surface area contributed by atoms with Crippen molar-refractivity contribution in [1.82, 2.24) is 9.78 Å². The molecule has 90 valence electrons. The predicted octanol–water partition coefficient (Wildman–Crippen LogP) is 0.420. The molecule has 0 saturated carbocycles. The first-order valence-electron chi connectivity index (χ1n) is 4.73. The normalized spacial score (nSPS) is 10.2. The Hall–Kier alpha value is -1.21. The first-order chi connectivity index (χ1) is 7.60. The molecular formula is C9H16N4O2S. The second-order valence-corrected chi connectivity index (χ2v) is 4.24. The maximum atomic E-state index is 10.9. The second kappa shape index (κ2) is 5.76. The summed E-state index contributed by atoms with van der Waals surface area (Å²) in [4.78, 5) is 10.9. The largest absolute Gasteiger partial charge is 0.468 e. The lowest BCUT2D eigenvalue weighted by Crippen LogP contribution is -2.12. The summed E-state index contributed by atoms with van der Waals surface area (Å²) in [5, 5.41) is 4.24. The van der Waals surface area contributed by atoms with Crippen LogP contribution in [0.25, 0.3) is 0 Å². The molecule has 7 heteroatoms. The summed E-state index contributed by atoms with van der Waals surface area (Å²) < 4.78 is 6.24. The molecule has 16 heavy (non-hydrogen) atoms. The Balaban J connectivity index is 2.62. The van der Waals surface area contributed by atoms with Gasteiger partial charge in [-0.1, -0.05) is 0 Å². The summed E-state index contributed by atoms with van der Waals surface area (Å²) in [6.45, 7) is 1.91. The number of carbonyl (C=O) groups excluding carboxylic acids is 1. The summed E-state index contributed by atoms with van der Waals surface area (Å²) in [5.41, 5.74) is 4.53. The van der Waals surface area contributed by atoms with E-state index >= 15 is 0 Å². The summed E-state index contributed by atoms with van der Waals surface area (Å²) in [6.07, 6.45) is 0. The molecule has 0 amide bonds. The van der Waals surface area contributed by atoms with Gasteiger partial charge in [0.15, 0.2) is 0 Å². The molecule has 0 aliphatic carbocycles. The van der Waals surface area contributed by atoms with E-state index in [0.717, 1.165) is 17.1 Å². The van der Waals surface area contributed by atoms with Crippen molar-refractivity contribution >= 4 is 23.5 Å². The molecule has 1 aromatic rings. The molecule has 0 aromatic carbocycles. The van der Waals surface area contributed by atoms with Crippen LogP contribution in [0.5, 0.6) is 0 Å². The quantitative estimate of drug-likeness (QED) is 0.444. The number of aryl methyl sites for hydroxylation is 2. The van der Waals surface area contributed by atoms with Gasteiger partial charge in [-0.2, -0.15) is 5.10 Å². The van der Waals surface area contributed by atoms with E-state index < -0.39 is 0 Å². The van der Waals surface area contributed by atoms with Crippen LogP contribution in [0.4, 0.5) is 5.82 Å². The smallest absolute Gasteiger partial charge is 0.315 e. The molecule has 0 bridgehead atoms. The molecule has 1 rings (SSSR count). The molecule has 0 fully saturated rings. The maximum absolute atomic E-state index is 10.9. The minimum atomic E-state index is -0.228. The Labute approximate surface area is 98.5 Å². The molecule has 0 spiro atoms. The lowest BCUT2D eigenvalue weighted by atomic mass is 10.3. The second-order valence-electron chi connectivity index (χ2n) is 3.25. The molecule has 0 aliphatic heterocycles. The first kappa shape index (κ1) is 12.9. The van der Waals surface area contributed by atoms with Crippen molar-refractivity contribution in [2.45, 2.75) is 12.7 Å². The minimum absolute atomic E-state index is 0.228. The van der Waals surface area contributed by atoms with Crippen molar-refractivity contribution in [2.75, 3.05) is 18.3 Å². The number of nitrogens with one attached hydrogen (secondary N) is 1. The van der Waals surface area contributed by atoms with E-state index in [-0.39, 0.29) is 5.97 Å². The van der Waals surface area contributed by atoms with E-state index in [2.05, 4.69) is 15.3 Å². The highest BCUT2D eigenvalue weighted by atomic mass is 32.2. The fourth-order valence-corrected chi connectivity index (χ4v) is 2.29. The van der Waals surface area contributed by atoms with Crippen LogP contribution in [0, 0.1) is 6.92 Å². The van der Waals surface area contributed by atoms with Gasteiger partial charge in [-0.3, -0.25) is 9.48 Å². The van der Waals surface area contributed by atoms with Crippen molar-refractivity contribution in [1.29, 1.82) is 0 Å². The minimum Gasteiger partial charge on any atom is -0.468 e. The number of nitrogens with two attached hydrogens (primary N) is 1. The number of anilines is 1. The van der Waals surface area contributed by atoms with E-state index in [1.54, 1.807) is 4.68 Å². The van der Waals surface area contributed by atoms with Gasteiger partial charge in [-0.15, -0.1) is 11.8 Å². The standard InChI is InChI=1S/C9H16N4O2S/c1-6-7(4-16-5-8(14)15-3)9(11-10)13(2)12-6/h11H,4-5,10H2,1-3H3. The molecule has 6 nitrogen and oxygen atoms in total. The number of rotatable bonds is 5. The van der Waals surface area contributed by atoms with Crippen LogP contribution in [0.3, 0.4) is 0 Å². The van der Waals surface area contributed by atoms with E-state index in [0.29, 0.717) is 11.5 Å². The SMILES string of the molecule is COC(=O)CSCc1c(C)nn(C)c1NN. The number of nitrogens with zero attached hydrogens (tertiary/aromatic N) is 2. The van der Waals surface area contributed by atoms with Crippen LogP contribution in [0.2, 0.25) is 0 Å². The fourth-order valence-electron chi connectivity index (χ4n) is 1.35. The molecule has 0 saturated heterocycles. The predicted molar refractivity (Wildman–Crippen MR) is 63.9 cm³/mol. The van der Waals surface area contributed by atoms with Crippen LogP contribution in [0.1, 0.15) is 11.3 Å². The number of methoxy groups -OCH3 is 1. The molecule has 0 radical (unpaired) electrons. The highest BCUT2D eigenvalue weighted by molar-refractivity contribution is 7.99. The fraction of sp³-hybridized carbons (Fsp3) is 0.556. The average Bonchev–Trinajstić information content (AvgIpc) is 2.53. The molecular weight excluding hydrogens is 228 g/mol. The number of hydrogen-bond acceptors (Lipinski definition) is 6. The number of carbonyl (C=O) groups is 1. The molecule has 0 aliphatic rings. The summed E-state index contributed by atoms with van der Waals surface area (Å²) >= 11 is 1.47. The summed E-state index contributed by atoms with van der Waals surface area (Å²) in [5.74, 6) is 6.96. The monoisotopic (exact) mass is 244 g/mol. The van der Waals surface area contributed by atoms with Gasteiger partial charge in [0.25, 0.3) is 0 Å². The van der Waals surface area contributed by atoms with Crippen molar-refractivity contribution in [2.24, 2.45) is 12.9 Å². The van der Waals surface area contributed by atoms with Crippen molar-refractivity contribution in [3.8, 4) is 0 Å². The average molecular weight is 244 g/mol. The third-order valence-electron chi connectivity index (χ3n) is 2.18. The van der Waals surface area contributed by atoms with Gasteiger partial charge in [0, 0.05) is 18.4 Å². The van der Waals surface area contributed by atoms with E-state index in [1.165, 1.54) is 18.9 Å². The number of esters is 1. The van der Waals surface area contributed by atoms with Crippen LogP contribution in [-0.2, 0) is 22.3 Å². The van der Waals surface area contributed by atoms with Crippen LogP contribution >= 0.6 is 11.8 Å². The van der Waals surface area contributed by atoms with Gasteiger partial charge in [0.1, 0.15) is 5.82 Å². The number of ether oxygens (including phenoxy) is 1. The van der Waals surface area contributed by atoms with E-state index in [1.807, 2.05) is 14.0 Å². The Morgan fingerprint density at radius 1 is 1.69 bits per heavy atom. The molecule has 0 atom stereocenters. The Bertz CT molecular complexity index is 378. The summed E-state index contributed by atoms with van der Waals surface area (Å²) in [6, 6.07) is 0. The van der Waals surface area contributed by atoms with Crippen molar-refractivity contribution in [3.05, 3.63) is 11.3 Å². The Morgan fingerprint density at radius 2 is 2.38 bits per heavy atom. The van der Waals surface area contributed by atoms with Gasteiger partial charge < -0.3 is 10.2 Å². The Kier molecular flexibility index (Phi) is 4.63. The van der Waals surface area contributed by atoms with Gasteiger partial charge in [0.05, 0.1) is 18.6 Å². The zero-order chi connectivity index (χ0) is 12.1.